The molecule has 1 aromatic rings. The van der Waals surface area contributed by atoms with Crippen LogP contribution in [0.5, 0.6) is 5.75 Å². The zero-order chi connectivity index (χ0) is 72.0. The molecule has 0 saturated carbocycles. The van der Waals surface area contributed by atoms with Gasteiger partial charge in [0.05, 0.1) is 31.5 Å². The van der Waals surface area contributed by atoms with Gasteiger partial charge in [-0.15, -0.1) is 0 Å². The highest BCUT2D eigenvalue weighted by molar-refractivity contribution is 8.77. The first-order valence-electron chi connectivity index (χ1n) is 31.4. The fourth-order valence-electron chi connectivity index (χ4n) is 9.42. The predicted octanol–water partition coefficient (Wildman–Crippen LogP) is -3.78. The molecule has 534 valence electrons. The minimum atomic E-state index is -2.03. The average Bonchev–Trinajstić information content (AvgIpc) is 0.967. The minimum absolute atomic E-state index is 0.0346. The van der Waals surface area contributed by atoms with Crippen LogP contribution < -0.4 is 81.4 Å². The van der Waals surface area contributed by atoms with Crippen LogP contribution in [0.25, 0.3) is 0 Å². The summed E-state index contributed by atoms with van der Waals surface area (Å²) >= 11 is 0. The molecule has 0 radical (unpaired) electrons. The van der Waals surface area contributed by atoms with Gasteiger partial charge in [0.25, 0.3) is 0 Å². The topological polar surface area (TPSA) is 556 Å². The van der Waals surface area contributed by atoms with Crippen molar-refractivity contribution < 1.29 is 87.5 Å². The summed E-state index contributed by atoms with van der Waals surface area (Å²) < 4.78 is -1.26. The summed E-state index contributed by atoms with van der Waals surface area (Å²) in [6.07, 6.45) is -2.99. The minimum Gasteiger partial charge on any atom is -0.508 e. The number of carbonyl (C=O) groups excluding carboxylic acids is 12. The van der Waals surface area contributed by atoms with E-state index in [4.69, 9.17) is 22.9 Å². The number of carbonyl (C=O) groups is 14. The Hall–Kier alpha value is -7.86. The maximum atomic E-state index is 14.5. The van der Waals surface area contributed by atoms with Crippen molar-refractivity contribution in [3.8, 4) is 5.75 Å². The van der Waals surface area contributed by atoms with Crippen LogP contribution >= 0.6 is 21.6 Å². The van der Waals surface area contributed by atoms with Crippen LogP contribution in [0.15, 0.2) is 24.3 Å². The molecule has 0 aliphatic carbocycles. The lowest BCUT2D eigenvalue weighted by Crippen LogP contribution is -2.62. The van der Waals surface area contributed by atoms with Gasteiger partial charge in [-0.05, 0) is 114 Å². The Bertz CT molecular complexity index is 2820. The van der Waals surface area contributed by atoms with Gasteiger partial charge >= 0.3 is 11.9 Å². The molecule has 33 nitrogen and oxygen atoms in total. The van der Waals surface area contributed by atoms with E-state index in [1.807, 2.05) is 0 Å². The number of aliphatic hydroxyl groups is 1. The zero-order valence-electron chi connectivity index (χ0n) is 55.2. The highest BCUT2D eigenvalue weighted by Crippen LogP contribution is 2.38. The number of amides is 12. The second-order valence-electron chi connectivity index (χ2n) is 24.7. The molecule has 0 spiro atoms. The number of nitrogens with one attached hydrogen (secondary N) is 11. The summed E-state index contributed by atoms with van der Waals surface area (Å²) in [5.74, 6) is -17.8. The number of unbranched alkanes of at least 4 members (excludes halogenated alkanes) is 2. The summed E-state index contributed by atoms with van der Waals surface area (Å²) in [5.41, 5.74) is 23.8. The SMILES string of the molecule is CC[C@H](C)[C@@H]1NC(=O)[C@H](N)C(C)(C)SSC[C@H](C(=O)O)NC(=O)[C@@H](CC(C)C)NC(=O)[C@H](C(C)C)NC(=O)[C@@H](CC(N)=O)NC(=O)[C@H](CCCCN)NC(=O)CNC(=O)[C@H](CCCCN)NC(=O)[C@H]([C@@H](C)O)NC(=O)[C@H](CC(=O)O)NC(=O)[C@@H](Cc2ccc(O)cc2)NC1=O. The van der Waals surface area contributed by atoms with E-state index in [0.29, 0.717) is 18.4 Å². The molecule has 1 heterocycles. The van der Waals surface area contributed by atoms with Gasteiger partial charge in [0.2, 0.25) is 70.9 Å². The third-order valence-electron chi connectivity index (χ3n) is 15.3. The maximum absolute atomic E-state index is 14.5. The van der Waals surface area contributed by atoms with Crippen molar-refractivity contribution in [2.24, 2.45) is 40.7 Å². The van der Waals surface area contributed by atoms with Gasteiger partial charge in [-0.2, -0.15) is 0 Å². The number of phenols is 1. The summed E-state index contributed by atoms with van der Waals surface area (Å²) in [5, 5.41) is 68.2. The van der Waals surface area contributed by atoms with Crippen LogP contribution in [0.1, 0.15) is 132 Å². The van der Waals surface area contributed by atoms with Crippen molar-refractivity contribution >= 4 is 104 Å². The number of rotatable bonds is 21. The molecule has 35 heteroatoms. The Morgan fingerprint density at radius 1 is 0.579 bits per heavy atom. The zero-order valence-corrected chi connectivity index (χ0v) is 56.8. The van der Waals surface area contributed by atoms with Gasteiger partial charge in [-0.1, -0.05) is 81.7 Å². The van der Waals surface area contributed by atoms with Gasteiger partial charge in [-0.25, -0.2) is 4.79 Å². The number of phenolic OH excluding ortho intramolecular Hbond substituents is 1. The van der Waals surface area contributed by atoms with Gasteiger partial charge < -0.3 is 102 Å². The molecule has 0 unspecified atom stereocenters. The lowest BCUT2D eigenvalue weighted by Gasteiger charge is -2.33. The molecule has 23 N–H and O–H groups in total. The van der Waals surface area contributed by atoms with Crippen molar-refractivity contribution in [2.75, 3.05) is 25.4 Å². The first-order chi connectivity index (χ1) is 44.5. The van der Waals surface area contributed by atoms with Crippen molar-refractivity contribution in [1.82, 2.24) is 58.5 Å². The number of hydrogen-bond donors (Lipinski definition) is 19. The number of hydrogen-bond acceptors (Lipinski definition) is 21. The number of aromatic hydroxyl groups is 1. The molecular weight excluding hydrogens is 1280 g/mol. The molecule has 1 fully saturated rings. The molecule has 1 aliphatic heterocycles. The molecule has 1 saturated heterocycles. The van der Waals surface area contributed by atoms with Gasteiger partial charge in [0.1, 0.15) is 66.2 Å². The van der Waals surface area contributed by atoms with Crippen LogP contribution in [0.3, 0.4) is 0 Å². The monoisotopic (exact) mass is 1380 g/mol. The molecular formula is C60H99N15O18S2. The van der Waals surface area contributed by atoms with Crippen LogP contribution in [-0.4, -0.2) is 206 Å². The van der Waals surface area contributed by atoms with Crippen molar-refractivity contribution in [1.29, 1.82) is 0 Å². The van der Waals surface area contributed by atoms with Crippen LogP contribution in [-0.2, 0) is 73.5 Å². The van der Waals surface area contributed by atoms with Gasteiger partial charge in [0.15, 0.2) is 0 Å². The standard InChI is InChI=1S/C60H99N15O18S2/c1-10-31(6)46-56(89)71-38(24-33-17-19-34(77)20-18-33)52(85)69-40(26-44(80)81)54(87)75-47(32(7)76)57(90)67-35(15-11-13-21-61)49(82)65-27-43(79)66-36(16-12-14-22-62)50(83)68-39(25-42(63)78)53(86)73-45(30(4)5)55(88)70-37(23-29(2)3)51(84)72-41(59(92)93)28-94-95-60(8,9)48(64)58(91)74-46/h17-20,29-32,35-41,45-48,76-77H,10-16,21-28,61-62,64H2,1-9H3,(H2,63,78)(H,65,82)(H,66,79)(H,67,90)(H,68,83)(H,69,85)(H,70,88)(H,71,89)(H,72,84)(H,73,86)(H,74,91)(H,75,87)(H,80,81)(H,92,93)/t31-,32+,35-,36-,37+,38+,39+,40-,41+,45-,46-,47-,48-/m0/s1. The van der Waals surface area contributed by atoms with E-state index in [2.05, 4.69) is 58.5 Å². The number of aliphatic carboxylic acids is 2. The van der Waals surface area contributed by atoms with E-state index < -0.39 is 191 Å². The number of carboxylic acids is 2. The van der Waals surface area contributed by atoms with Crippen LogP contribution in [0.4, 0.5) is 0 Å². The summed E-state index contributed by atoms with van der Waals surface area (Å²) in [6, 6.07) is -12.3. The molecule has 1 aromatic carbocycles. The number of primary amides is 1. The van der Waals surface area contributed by atoms with Gasteiger partial charge in [0, 0.05) is 16.9 Å². The molecule has 95 heavy (non-hydrogen) atoms. The Kier molecular flexibility index (Phi) is 36.1. The largest absolute Gasteiger partial charge is 0.508 e. The summed E-state index contributed by atoms with van der Waals surface area (Å²) in [7, 11) is 1.89. The van der Waals surface area contributed by atoms with Gasteiger partial charge in [-0.3, -0.25) is 62.3 Å². The van der Waals surface area contributed by atoms with E-state index in [1.165, 1.54) is 24.3 Å². The molecule has 0 bridgehead atoms. The second kappa shape index (κ2) is 41.2. The van der Waals surface area contributed by atoms with Crippen molar-refractivity contribution in [3.63, 3.8) is 0 Å². The number of nitrogens with two attached hydrogens (primary N) is 4. The predicted molar refractivity (Wildman–Crippen MR) is 351 cm³/mol. The normalized spacial score (nSPS) is 26.0. The molecule has 13 atom stereocenters. The smallest absolute Gasteiger partial charge is 0.327 e. The maximum Gasteiger partial charge on any atom is 0.327 e. The Balaban J connectivity index is 2.84. The first-order valence-corrected chi connectivity index (χ1v) is 33.7. The van der Waals surface area contributed by atoms with E-state index in [-0.39, 0.29) is 75.5 Å². The fraction of sp³-hybridized carbons (Fsp3) is 0.667. The van der Waals surface area contributed by atoms with Crippen LogP contribution in [0.2, 0.25) is 0 Å². The third kappa shape index (κ3) is 29.4. The fourth-order valence-corrected chi connectivity index (χ4v) is 12.2. The van der Waals surface area contributed by atoms with E-state index in [0.717, 1.165) is 28.5 Å². The Labute approximate surface area is 560 Å². The highest BCUT2D eigenvalue weighted by atomic mass is 33.1. The second-order valence-corrected chi connectivity index (χ2v) is 27.7. The Morgan fingerprint density at radius 3 is 1.55 bits per heavy atom. The number of benzene rings is 1. The average molecular weight is 1380 g/mol. The molecule has 12 amide bonds. The van der Waals surface area contributed by atoms with Crippen LogP contribution in [0, 0.1) is 17.8 Å². The molecule has 2 rings (SSSR count). The first kappa shape index (κ1) is 83.2. The lowest BCUT2D eigenvalue weighted by molar-refractivity contribution is -0.142. The number of aliphatic hydroxyl groups excluding tert-OH is 1. The van der Waals surface area contributed by atoms with E-state index in [1.54, 1.807) is 55.4 Å². The highest BCUT2D eigenvalue weighted by Gasteiger charge is 2.41. The lowest BCUT2D eigenvalue weighted by atomic mass is 9.95. The molecule has 1 aliphatic rings. The molecule has 0 aromatic heterocycles. The van der Waals surface area contributed by atoms with E-state index >= 15 is 0 Å². The Morgan fingerprint density at radius 2 is 1.04 bits per heavy atom. The summed E-state index contributed by atoms with van der Waals surface area (Å²) in [6.45, 7) is 13.5. The van der Waals surface area contributed by atoms with Crippen molar-refractivity contribution in [2.45, 2.75) is 210 Å². The quantitative estimate of drug-likeness (QED) is 0.0415. The summed E-state index contributed by atoms with van der Waals surface area (Å²) in [4.78, 5) is 192. The van der Waals surface area contributed by atoms with E-state index in [9.17, 15) is 87.5 Å². The number of carboxylic acid groups (broad SMARTS) is 2. The van der Waals surface area contributed by atoms with Crippen molar-refractivity contribution in [3.05, 3.63) is 29.8 Å². The third-order valence-corrected chi connectivity index (χ3v) is 18.6.